The van der Waals surface area contributed by atoms with Gasteiger partial charge in [-0.1, -0.05) is 44.0 Å². The van der Waals surface area contributed by atoms with Crippen molar-refractivity contribution in [3.63, 3.8) is 0 Å². The van der Waals surface area contributed by atoms with Crippen molar-refractivity contribution in [2.24, 2.45) is 0 Å². The van der Waals surface area contributed by atoms with Gasteiger partial charge < -0.3 is 14.9 Å². The Labute approximate surface area is 160 Å². The van der Waals surface area contributed by atoms with E-state index in [0.717, 1.165) is 24.0 Å². The third-order valence-electron chi connectivity index (χ3n) is 5.12. The summed E-state index contributed by atoms with van der Waals surface area (Å²) < 4.78 is 0. The normalized spacial score (nSPS) is 17.3. The van der Waals surface area contributed by atoms with Crippen LogP contribution < -0.4 is 0 Å². The molecule has 0 unspecified atom stereocenters. The largest absolute Gasteiger partial charge is 0.508 e. The number of unbranched alkanes of at least 4 members (excludes halogenated alkanes) is 1. The molecule has 0 aliphatic carbocycles. The van der Waals surface area contributed by atoms with Gasteiger partial charge in [0.15, 0.2) is 0 Å². The second-order valence-electron chi connectivity index (χ2n) is 7.04. The smallest absolute Gasteiger partial charge is 0.254 e. The van der Waals surface area contributed by atoms with Crippen molar-refractivity contribution in [2.75, 3.05) is 20.1 Å². The van der Waals surface area contributed by atoms with Crippen molar-refractivity contribution < 1.29 is 14.7 Å². The first-order valence-electron chi connectivity index (χ1n) is 9.46. The molecule has 5 heteroatoms. The molecule has 1 fully saturated rings. The Bertz CT molecular complexity index is 817. The molecule has 0 aromatic heterocycles. The van der Waals surface area contributed by atoms with Crippen molar-refractivity contribution in [1.82, 2.24) is 9.80 Å². The SMILES string of the molecule is CCCC[C@@H]1C(=O)N(C)CCN1C(=O)c1cccc(-c2ccc(O)cc2)c1. The molecule has 2 aromatic rings. The van der Waals surface area contributed by atoms with Gasteiger partial charge in [0.2, 0.25) is 5.91 Å². The lowest BCUT2D eigenvalue weighted by Crippen LogP contribution is -2.57. The molecule has 0 spiro atoms. The highest BCUT2D eigenvalue weighted by Gasteiger charge is 2.35. The zero-order chi connectivity index (χ0) is 19.4. The van der Waals surface area contributed by atoms with Crippen molar-refractivity contribution in [2.45, 2.75) is 32.2 Å². The number of carbonyl (C=O) groups is 2. The molecule has 27 heavy (non-hydrogen) atoms. The Morgan fingerprint density at radius 3 is 2.56 bits per heavy atom. The van der Waals surface area contributed by atoms with E-state index in [9.17, 15) is 14.7 Å². The number of piperazine rings is 1. The molecule has 1 aliphatic rings. The lowest BCUT2D eigenvalue weighted by atomic mass is 10.00. The number of phenolic OH excluding ortho intramolecular Hbond substituents is 1. The Hall–Kier alpha value is -2.82. The molecule has 1 saturated heterocycles. The van der Waals surface area contributed by atoms with E-state index in [-0.39, 0.29) is 23.6 Å². The van der Waals surface area contributed by atoms with E-state index in [0.29, 0.717) is 25.1 Å². The molecular formula is C22H26N2O3. The van der Waals surface area contributed by atoms with Crippen LogP contribution in [0.4, 0.5) is 0 Å². The van der Waals surface area contributed by atoms with Crippen LogP contribution in [0.25, 0.3) is 11.1 Å². The van der Waals surface area contributed by atoms with E-state index in [1.165, 1.54) is 0 Å². The van der Waals surface area contributed by atoms with Gasteiger partial charge in [-0.15, -0.1) is 0 Å². The number of phenols is 1. The molecule has 3 rings (SSSR count). The van der Waals surface area contributed by atoms with Gasteiger partial charge in [-0.2, -0.15) is 0 Å². The summed E-state index contributed by atoms with van der Waals surface area (Å²) in [6, 6.07) is 14.0. The van der Waals surface area contributed by atoms with E-state index in [4.69, 9.17) is 0 Å². The van der Waals surface area contributed by atoms with Crippen LogP contribution in [0.5, 0.6) is 5.75 Å². The molecule has 0 saturated carbocycles. The third-order valence-corrected chi connectivity index (χ3v) is 5.12. The monoisotopic (exact) mass is 366 g/mol. The maximum atomic E-state index is 13.2. The van der Waals surface area contributed by atoms with Crippen molar-refractivity contribution in [3.05, 3.63) is 54.1 Å². The number of rotatable bonds is 5. The molecule has 0 bridgehead atoms. The molecule has 2 aromatic carbocycles. The van der Waals surface area contributed by atoms with Crippen LogP contribution in [-0.4, -0.2) is 52.9 Å². The first-order valence-corrected chi connectivity index (χ1v) is 9.46. The van der Waals surface area contributed by atoms with Crippen LogP contribution in [0.15, 0.2) is 48.5 Å². The van der Waals surface area contributed by atoms with Gasteiger partial charge in [0.25, 0.3) is 5.91 Å². The van der Waals surface area contributed by atoms with Crippen LogP contribution in [0.1, 0.15) is 36.5 Å². The van der Waals surface area contributed by atoms with Crippen molar-refractivity contribution in [1.29, 1.82) is 0 Å². The topological polar surface area (TPSA) is 60.9 Å². The quantitative estimate of drug-likeness (QED) is 0.881. The van der Waals surface area contributed by atoms with E-state index >= 15 is 0 Å². The molecule has 0 radical (unpaired) electrons. The average Bonchev–Trinajstić information content (AvgIpc) is 2.69. The van der Waals surface area contributed by atoms with E-state index < -0.39 is 0 Å². The number of likely N-dealkylation sites (N-methyl/N-ethyl adjacent to an activating group) is 1. The summed E-state index contributed by atoms with van der Waals surface area (Å²) in [5.74, 6) is 0.136. The van der Waals surface area contributed by atoms with Gasteiger partial charge in [0.05, 0.1) is 0 Å². The summed E-state index contributed by atoms with van der Waals surface area (Å²) >= 11 is 0. The minimum Gasteiger partial charge on any atom is -0.508 e. The number of benzene rings is 2. The average molecular weight is 366 g/mol. The molecule has 5 nitrogen and oxygen atoms in total. The number of nitrogens with zero attached hydrogens (tertiary/aromatic N) is 2. The Balaban J connectivity index is 1.86. The van der Waals surface area contributed by atoms with Gasteiger partial charge in [-0.25, -0.2) is 0 Å². The number of hydrogen-bond donors (Lipinski definition) is 1. The maximum absolute atomic E-state index is 13.2. The van der Waals surface area contributed by atoms with Crippen molar-refractivity contribution in [3.8, 4) is 16.9 Å². The van der Waals surface area contributed by atoms with Gasteiger partial charge in [0, 0.05) is 25.7 Å². The molecule has 1 heterocycles. The highest BCUT2D eigenvalue weighted by Crippen LogP contribution is 2.25. The molecule has 2 amide bonds. The third kappa shape index (κ3) is 4.13. The number of hydrogen-bond acceptors (Lipinski definition) is 3. The van der Waals surface area contributed by atoms with E-state index in [2.05, 4.69) is 6.92 Å². The first-order chi connectivity index (χ1) is 13.0. The summed E-state index contributed by atoms with van der Waals surface area (Å²) in [4.78, 5) is 29.2. The predicted molar refractivity (Wildman–Crippen MR) is 106 cm³/mol. The number of amides is 2. The minimum absolute atomic E-state index is 0.0257. The van der Waals surface area contributed by atoms with E-state index in [1.54, 1.807) is 35.0 Å². The van der Waals surface area contributed by atoms with Crippen molar-refractivity contribution >= 4 is 11.8 Å². The summed E-state index contributed by atoms with van der Waals surface area (Å²) in [5, 5.41) is 9.47. The summed E-state index contributed by atoms with van der Waals surface area (Å²) in [6.07, 6.45) is 2.61. The molecule has 1 atom stereocenters. The first kappa shape index (κ1) is 19.0. The Morgan fingerprint density at radius 2 is 1.85 bits per heavy atom. The van der Waals surface area contributed by atoms with Crippen LogP contribution in [0, 0.1) is 0 Å². The van der Waals surface area contributed by atoms with E-state index in [1.807, 2.05) is 30.3 Å². The zero-order valence-electron chi connectivity index (χ0n) is 15.9. The standard InChI is InChI=1S/C22H26N2O3/c1-3-4-8-20-22(27)23(2)13-14-24(20)21(26)18-7-5-6-17(15-18)16-9-11-19(25)12-10-16/h5-7,9-12,15,20,25H,3-4,8,13-14H2,1-2H3/t20-/m1/s1. The van der Waals surface area contributed by atoms with Crippen LogP contribution in [-0.2, 0) is 4.79 Å². The van der Waals surface area contributed by atoms with Gasteiger partial charge >= 0.3 is 0 Å². The van der Waals surface area contributed by atoms with Gasteiger partial charge in [-0.3, -0.25) is 9.59 Å². The Morgan fingerprint density at radius 1 is 1.11 bits per heavy atom. The fraction of sp³-hybridized carbons (Fsp3) is 0.364. The number of aromatic hydroxyl groups is 1. The van der Waals surface area contributed by atoms with Crippen LogP contribution in [0.3, 0.4) is 0 Å². The second kappa shape index (κ2) is 8.25. The molecule has 1 aliphatic heterocycles. The summed E-state index contributed by atoms with van der Waals surface area (Å²) in [6.45, 7) is 3.20. The molecule has 142 valence electrons. The summed E-state index contributed by atoms with van der Waals surface area (Å²) in [5.41, 5.74) is 2.42. The van der Waals surface area contributed by atoms with Gasteiger partial charge in [-0.05, 0) is 41.8 Å². The lowest BCUT2D eigenvalue weighted by molar-refractivity contribution is -0.138. The molecular weight excluding hydrogens is 340 g/mol. The fourth-order valence-corrected chi connectivity index (χ4v) is 3.48. The minimum atomic E-state index is -0.381. The maximum Gasteiger partial charge on any atom is 0.254 e. The Kier molecular flexibility index (Phi) is 5.79. The number of carbonyl (C=O) groups excluding carboxylic acids is 2. The zero-order valence-corrected chi connectivity index (χ0v) is 15.9. The van der Waals surface area contributed by atoms with Crippen LogP contribution >= 0.6 is 0 Å². The lowest BCUT2D eigenvalue weighted by Gasteiger charge is -2.39. The van der Waals surface area contributed by atoms with Crippen LogP contribution in [0.2, 0.25) is 0 Å². The fourth-order valence-electron chi connectivity index (χ4n) is 3.48. The molecule has 1 N–H and O–H groups in total. The highest BCUT2D eigenvalue weighted by molar-refractivity contribution is 5.99. The summed E-state index contributed by atoms with van der Waals surface area (Å²) in [7, 11) is 1.80. The second-order valence-corrected chi connectivity index (χ2v) is 7.04. The van der Waals surface area contributed by atoms with Gasteiger partial charge in [0.1, 0.15) is 11.8 Å². The predicted octanol–water partition coefficient (Wildman–Crippen LogP) is 3.53. The highest BCUT2D eigenvalue weighted by atomic mass is 16.3.